The molecular weight excluding hydrogens is 261 g/mol. The van der Waals surface area contributed by atoms with Crippen molar-refractivity contribution in [1.82, 2.24) is 0 Å². The van der Waals surface area contributed by atoms with Gasteiger partial charge in [0.2, 0.25) is 5.60 Å². The molecule has 1 aromatic rings. The molecule has 98 valence electrons. The van der Waals surface area contributed by atoms with E-state index in [1.807, 2.05) is 0 Å². The van der Waals surface area contributed by atoms with Crippen LogP contribution in [0.5, 0.6) is 0 Å². The minimum atomic E-state index is -4.47. The number of benzene rings is 1. The van der Waals surface area contributed by atoms with E-state index in [1.54, 1.807) is 37.5 Å². The van der Waals surface area contributed by atoms with Crippen molar-refractivity contribution in [2.45, 2.75) is 18.7 Å². The van der Waals surface area contributed by atoms with Gasteiger partial charge in [0.05, 0.1) is 0 Å². The lowest BCUT2D eigenvalue weighted by molar-refractivity contribution is -0.262. The van der Waals surface area contributed by atoms with Gasteiger partial charge < -0.3 is 4.74 Å². The highest BCUT2D eigenvalue weighted by Crippen LogP contribution is 2.55. The summed E-state index contributed by atoms with van der Waals surface area (Å²) >= 11 is 1.08. The third-order valence-corrected chi connectivity index (χ3v) is 3.80. The van der Waals surface area contributed by atoms with Crippen LogP contribution in [0, 0.1) is 0 Å². The molecule has 1 atom stereocenters. The molecule has 0 radical (unpaired) electrons. The molecule has 0 bridgehead atoms. The number of hydrogen-bond acceptors (Lipinski definition) is 2. The van der Waals surface area contributed by atoms with E-state index in [-0.39, 0.29) is 17.1 Å². The van der Waals surface area contributed by atoms with Crippen molar-refractivity contribution < 1.29 is 17.9 Å². The van der Waals surface area contributed by atoms with Crippen molar-refractivity contribution >= 4 is 17.8 Å². The summed E-state index contributed by atoms with van der Waals surface area (Å²) < 4.78 is 45.8. The molecule has 1 nitrogen and oxygen atoms in total. The fourth-order valence-electron chi connectivity index (χ4n) is 2.26. The second-order valence-corrected chi connectivity index (χ2v) is 4.76. The number of hydrogen-bond donors (Lipinski definition) is 0. The Bertz CT molecular complexity index is 481. The first-order valence-electron chi connectivity index (χ1n) is 5.53. The predicted molar refractivity (Wildman–Crippen MR) is 67.3 cm³/mol. The summed E-state index contributed by atoms with van der Waals surface area (Å²) in [6, 6.07) is 6.50. The lowest BCUT2D eigenvalue weighted by Crippen LogP contribution is -2.44. The van der Waals surface area contributed by atoms with Gasteiger partial charge in [0, 0.05) is 17.1 Å². The Balaban J connectivity index is 2.67. The first-order valence-corrected chi connectivity index (χ1v) is 6.76. The average molecular weight is 274 g/mol. The lowest BCUT2D eigenvalue weighted by atomic mass is 9.94. The molecule has 0 saturated heterocycles. The van der Waals surface area contributed by atoms with Gasteiger partial charge in [-0.05, 0) is 24.8 Å². The normalized spacial score (nSPS) is 22.8. The summed E-state index contributed by atoms with van der Waals surface area (Å²) in [6.45, 7) is 1.58. The van der Waals surface area contributed by atoms with Crippen molar-refractivity contribution in [3.05, 3.63) is 40.3 Å². The monoisotopic (exact) mass is 274 g/mol. The Kier molecular flexibility index (Phi) is 3.47. The third kappa shape index (κ3) is 1.77. The molecule has 0 aliphatic heterocycles. The van der Waals surface area contributed by atoms with Gasteiger partial charge in [-0.3, -0.25) is 0 Å². The molecule has 0 N–H and O–H groups in total. The fraction of sp³-hybridized carbons (Fsp3) is 0.385. The third-order valence-electron chi connectivity index (χ3n) is 2.95. The number of rotatable bonds is 3. The topological polar surface area (TPSA) is 9.23 Å². The van der Waals surface area contributed by atoms with Crippen LogP contribution >= 0.6 is 11.8 Å². The molecule has 0 amide bonds. The highest BCUT2D eigenvalue weighted by Gasteiger charge is 2.62. The SMILES string of the molecule is CCOC1(C(F)(F)F)C(SC)=Cc2ccccc21. The van der Waals surface area contributed by atoms with Crippen molar-refractivity contribution in [2.75, 3.05) is 12.9 Å². The van der Waals surface area contributed by atoms with E-state index in [2.05, 4.69) is 0 Å². The molecule has 0 fully saturated rings. The van der Waals surface area contributed by atoms with Crippen LogP contribution in [0.4, 0.5) is 13.2 Å². The van der Waals surface area contributed by atoms with Crippen molar-refractivity contribution in [1.29, 1.82) is 0 Å². The number of alkyl halides is 3. The molecule has 0 heterocycles. The largest absolute Gasteiger partial charge is 0.426 e. The first-order chi connectivity index (χ1) is 8.47. The molecule has 18 heavy (non-hydrogen) atoms. The zero-order valence-corrected chi connectivity index (χ0v) is 10.9. The molecule has 5 heteroatoms. The molecule has 2 rings (SSSR count). The number of fused-ring (bicyclic) bond motifs is 1. The van der Waals surface area contributed by atoms with E-state index in [9.17, 15) is 13.2 Å². The van der Waals surface area contributed by atoms with Crippen molar-refractivity contribution in [3.8, 4) is 0 Å². The van der Waals surface area contributed by atoms with E-state index in [1.165, 1.54) is 6.07 Å². The summed E-state index contributed by atoms with van der Waals surface area (Å²) in [6.07, 6.45) is -1.27. The Morgan fingerprint density at radius 1 is 1.28 bits per heavy atom. The standard InChI is InChI=1S/C13H13F3OS/c1-3-17-12(13(14,15)16)10-7-5-4-6-9(10)8-11(12)18-2/h4-8H,3H2,1-2H3. The molecule has 1 unspecified atom stereocenters. The maximum absolute atomic E-state index is 13.5. The Labute approximate surface area is 108 Å². The van der Waals surface area contributed by atoms with Crippen LogP contribution in [-0.2, 0) is 10.3 Å². The molecule has 1 aromatic carbocycles. The van der Waals surface area contributed by atoms with E-state index < -0.39 is 11.8 Å². The first kappa shape index (κ1) is 13.5. The zero-order valence-electron chi connectivity index (χ0n) is 10.0. The maximum Gasteiger partial charge on any atom is 0.426 e. The van der Waals surface area contributed by atoms with Gasteiger partial charge in [0.1, 0.15) is 0 Å². The molecule has 1 aliphatic carbocycles. The van der Waals surface area contributed by atoms with Gasteiger partial charge in [0.25, 0.3) is 0 Å². The highest BCUT2D eigenvalue weighted by atomic mass is 32.2. The zero-order chi connectivity index (χ0) is 13.4. The van der Waals surface area contributed by atoms with Crippen LogP contribution in [-0.4, -0.2) is 19.0 Å². The molecule has 1 aliphatic rings. The molecule has 0 spiro atoms. The van der Waals surface area contributed by atoms with Crippen LogP contribution in [0.2, 0.25) is 0 Å². The van der Waals surface area contributed by atoms with E-state index >= 15 is 0 Å². The molecule has 0 aromatic heterocycles. The van der Waals surface area contributed by atoms with Gasteiger partial charge in [-0.25, -0.2) is 0 Å². The Morgan fingerprint density at radius 2 is 1.94 bits per heavy atom. The lowest BCUT2D eigenvalue weighted by Gasteiger charge is -2.34. The smallest absolute Gasteiger partial charge is 0.356 e. The van der Waals surface area contributed by atoms with Crippen LogP contribution < -0.4 is 0 Å². The van der Waals surface area contributed by atoms with Crippen LogP contribution in [0.15, 0.2) is 29.2 Å². The Hall–Kier alpha value is -0.940. The van der Waals surface area contributed by atoms with Crippen LogP contribution in [0.3, 0.4) is 0 Å². The quantitative estimate of drug-likeness (QED) is 0.817. The molecular formula is C13H13F3OS. The van der Waals surface area contributed by atoms with Gasteiger partial charge in [-0.2, -0.15) is 13.2 Å². The second-order valence-electron chi connectivity index (χ2n) is 3.91. The van der Waals surface area contributed by atoms with Crippen molar-refractivity contribution in [3.63, 3.8) is 0 Å². The summed E-state index contributed by atoms with van der Waals surface area (Å²) in [5, 5.41) is 0. The summed E-state index contributed by atoms with van der Waals surface area (Å²) in [4.78, 5) is 0.193. The van der Waals surface area contributed by atoms with Gasteiger partial charge in [-0.15, -0.1) is 11.8 Å². The van der Waals surface area contributed by atoms with Gasteiger partial charge in [-0.1, -0.05) is 24.3 Å². The summed E-state index contributed by atoms with van der Waals surface area (Å²) in [5.41, 5.74) is -1.53. The van der Waals surface area contributed by atoms with E-state index in [0.29, 0.717) is 5.56 Å². The second kappa shape index (κ2) is 4.63. The Morgan fingerprint density at radius 3 is 2.50 bits per heavy atom. The highest BCUT2D eigenvalue weighted by molar-refractivity contribution is 8.02. The summed E-state index contributed by atoms with van der Waals surface area (Å²) in [7, 11) is 0. The van der Waals surface area contributed by atoms with E-state index in [4.69, 9.17) is 4.74 Å². The minimum Gasteiger partial charge on any atom is -0.356 e. The maximum atomic E-state index is 13.5. The van der Waals surface area contributed by atoms with Gasteiger partial charge in [0.15, 0.2) is 0 Å². The number of ether oxygens (including phenoxy) is 1. The predicted octanol–water partition coefficient (Wildman–Crippen LogP) is 4.20. The van der Waals surface area contributed by atoms with E-state index in [0.717, 1.165) is 11.8 Å². The van der Waals surface area contributed by atoms with Crippen molar-refractivity contribution in [2.24, 2.45) is 0 Å². The van der Waals surface area contributed by atoms with Crippen LogP contribution in [0.25, 0.3) is 6.08 Å². The summed E-state index contributed by atoms with van der Waals surface area (Å²) in [5.74, 6) is 0. The minimum absolute atomic E-state index is 0.00570. The average Bonchev–Trinajstić information content (AvgIpc) is 2.64. The molecule has 0 saturated carbocycles. The van der Waals surface area contributed by atoms with Gasteiger partial charge >= 0.3 is 6.18 Å². The number of halogens is 3. The van der Waals surface area contributed by atoms with Crippen LogP contribution in [0.1, 0.15) is 18.1 Å². The number of thioether (sulfide) groups is 1. The fourth-order valence-corrected chi connectivity index (χ4v) is 3.08.